The van der Waals surface area contributed by atoms with E-state index in [2.05, 4.69) is 27.3 Å². The number of likely N-dealkylation sites (tertiary alicyclic amines) is 1. The molecule has 6 rings (SSSR count). The van der Waals surface area contributed by atoms with E-state index in [0.717, 1.165) is 68.6 Å². The number of amides is 2. The van der Waals surface area contributed by atoms with Gasteiger partial charge in [-0.1, -0.05) is 29.8 Å². The second-order valence-corrected chi connectivity index (χ2v) is 11.4. The van der Waals surface area contributed by atoms with Crippen LogP contribution in [-0.4, -0.2) is 47.9 Å². The van der Waals surface area contributed by atoms with Crippen molar-refractivity contribution in [1.82, 2.24) is 15.2 Å². The first-order valence-electron chi connectivity index (χ1n) is 13.6. The van der Waals surface area contributed by atoms with E-state index in [1.807, 2.05) is 47.6 Å². The van der Waals surface area contributed by atoms with Crippen molar-refractivity contribution < 1.29 is 9.59 Å². The Labute approximate surface area is 229 Å². The first-order chi connectivity index (χ1) is 18.5. The van der Waals surface area contributed by atoms with Gasteiger partial charge in [0.05, 0.1) is 16.6 Å². The quantitative estimate of drug-likeness (QED) is 0.473. The van der Waals surface area contributed by atoms with Gasteiger partial charge in [0, 0.05) is 49.8 Å². The van der Waals surface area contributed by atoms with Crippen molar-refractivity contribution in [2.75, 3.05) is 31.1 Å². The highest BCUT2D eigenvalue weighted by atomic mass is 35.5. The molecule has 0 bridgehead atoms. The number of anilines is 1. The number of pyridine rings is 1. The zero-order valence-electron chi connectivity index (χ0n) is 21.5. The highest BCUT2D eigenvalue weighted by molar-refractivity contribution is 6.33. The summed E-state index contributed by atoms with van der Waals surface area (Å²) in [6.07, 6.45) is 9.90. The number of hydrogen-bond donors (Lipinski definition) is 1. The molecule has 3 aromatic rings. The average Bonchev–Trinajstić information content (AvgIpc) is 3.36. The molecular formula is C31H33ClN4O2. The molecule has 6 nitrogen and oxygen atoms in total. The molecule has 2 amide bonds. The summed E-state index contributed by atoms with van der Waals surface area (Å²) in [5.74, 6) is -0.0390. The molecule has 2 fully saturated rings. The zero-order valence-corrected chi connectivity index (χ0v) is 22.3. The molecule has 1 unspecified atom stereocenters. The second kappa shape index (κ2) is 10.4. The minimum atomic E-state index is -0.164. The number of aryl methyl sites for hydroxylation is 1. The number of halogens is 1. The van der Waals surface area contributed by atoms with Gasteiger partial charge in [-0.3, -0.25) is 14.6 Å². The van der Waals surface area contributed by atoms with Gasteiger partial charge < -0.3 is 15.1 Å². The van der Waals surface area contributed by atoms with Gasteiger partial charge >= 0.3 is 0 Å². The Morgan fingerprint density at radius 3 is 2.37 bits per heavy atom. The van der Waals surface area contributed by atoms with Crippen LogP contribution in [0.5, 0.6) is 0 Å². The van der Waals surface area contributed by atoms with E-state index in [0.29, 0.717) is 16.0 Å². The van der Waals surface area contributed by atoms with Gasteiger partial charge in [-0.2, -0.15) is 0 Å². The molecule has 0 saturated carbocycles. The lowest BCUT2D eigenvalue weighted by molar-refractivity contribution is 0.0515. The van der Waals surface area contributed by atoms with E-state index in [1.165, 1.54) is 18.5 Å². The van der Waals surface area contributed by atoms with Crippen LogP contribution in [-0.2, 0) is 6.42 Å². The number of aromatic nitrogens is 1. The maximum Gasteiger partial charge on any atom is 0.253 e. The van der Waals surface area contributed by atoms with E-state index >= 15 is 0 Å². The molecule has 2 aliphatic heterocycles. The van der Waals surface area contributed by atoms with Crippen LogP contribution in [0.2, 0.25) is 5.02 Å². The third-order valence-corrected chi connectivity index (χ3v) is 9.18. The topological polar surface area (TPSA) is 65.5 Å². The van der Waals surface area contributed by atoms with Crippen LogP contribution in [0.1, 0.15) is 70.0 Å². The monoisotopic (exact) mass is 528 g/mol. The van der Waals surface area contributed by atoms with E-state index < -0.39 is 0 Å². The lowest BCUT2D eigenvalue weighted by Gasteiger charge is -2.47. The molecule has 38 heavy (non-hydrogen) atoms. The normalized spacial score (nSPS) is 20.3. The lowest BCUT2D eigenvalue weighted by Crippen LogP contribution is -2.48. The highest BCUT2D eigenvalue weighted by Crippen LogP contribution is 2.42. The smallest absolute Gasteiger partial charge is 0.253 e. The second-order valence-electron chi connectivity index (χ2n) is 10.9. The predicted octanol–water partition coefficient (Wildman–Crippen LogP) is 5.68. The van der Waals surface area contributed by atoms with E-state index in [9.17, 15) is 9.59 Å². The van der Waals surface area contributed by atoms with Crippen molar-refractivity contribution in [2.24, 2.45) is 5.41 Å². The van der Waals surface area contributed by atoms with Crippen LogP contribution in [0.15, 0.2) is 67.0 Å². The Kier molecular flexibility index (Phi) is 6.83. The maximum absolute atomic E-state index is 13.4. The van der Waals surface area contributed by atoms with Gasteiger partial charge in [-0.25, -0.2) is 0 Å². The number of fused-ring (bicyclic) bond motifs is 1. The van der Waals surface area contributed by atoms with Gasteiger partial charge in [0.15, 0.2) is 0 Å². The van der Waals surface area contributed by atoms with Crippen molar-refractivity contribution >= 4 is 29.1 Å². The Hall–Kier alpha value is -3.38. The van der Waals surface area contributed by atoms with Gasteiger partial charge in [-0.05, 0) is 91.5 Å². The molecule has 0 radical (unpaired) electrons. The largest absolute Gasteiger partial charge is 0.371 e. The molecule has 3 heterocycles. The van der Waals surface area contributed by atoms with E-state index in [1.54, 1.807) is 12.1 Å². The average molecular weight is 529 g/mol. The molecule has 1 spiro atoms. The van der Waals surface area contributed by atoms with Gasteiger partial charge in [0.25, 0.3) is 11.8 Å². The third-order valence-electron chi connectivity index (χ3n) is 8.85. The molecule has 1 aliphatic carbocycles. The zero-order chi connectivity index (χ0) is 26.1. The highest BCUT2D eigenvalue weighted by Gasteiger charge is 2.39. The Balaban J connectivity index is 1.05. The van der Waals surface area contributed by atoms with E-state index in [-0.39, 0.29) is 17.9 Å². The molecule has 1 aromatic heterocycles. The van der Waals surface area contributed by atoms with Gasteiger partial charge in [0.1, 0.15) is 0 Å². The van der Waals surface area contributed by atoms with Crippen molar-refractivity contribution in [3.05, 3.63) is 94.3 Å². The Morgan fingerprint density at radius 2 is 1.63 bits per heavy atom. The number of hydrogen-bond acceptors (Lipinski definition) is 4. The van der Waals surface area contributed by atoms with Crippen LogP contribution in [0, 0.1) is 5.41 Å². The molecule has 3 aliphatic rings. The van der Waals surface area contributed by atoms with Crippen molar-refractivity contribution in [2.45, 2.75) is 44.6 Å². The first kappa shape index (κ1) is 24.9. The molecular weight excluding hydrogens is 496 g/mol. The van der Waals surface area contributed by atoms with Gasteiger partial charge in [0.2, 0.25) is 0 Å². The van der Waals surface area contributed by atoms with Crippen LogP contribution in [0.25, 0.3) is 0 Å². The fourth-order valence-corrected chi connectivity index (χ4v) is 6.66. The summed E-state index contributed by atoms with van der Waals surface area (Å²) in [7, 11) is 0. The number of nitrogens with one attached hydrogen (secondary N) is 1. The van der Waals surface area contributed by atoms with Crippen molar-refractivity contribution in [3.63, 3.8) is 0 Å². The first-order valence-corrected chi connectivity index (χ1v) is 14.0. The van der Waals surface area contributed by atoms with Crippen LogP contribution >= 0.6 is 11.6 Å². The third kappa shape index (κ3) is 4.90. The van der Waals surface area contributed by atoms with Crippen LogP contribution in [0.4, 0.5) is 5.69 Å². The number of nitrogens with zero attached hydrogens (tertiary/aromatic N) is 3. The molecule has 1 atom stereocenters. The fourth-order valence-electron chi connectivity index (χ4n) is 6.44. The SMILES string of the molecule is O=C(NC1CCc2cc(C(=O)N3CCC4(CC3)CCN(c3ccncc3)CC4)ccc21)c1ccccc1Cl. The summed E-state index contributed by atoms with van der Waals surface area (Å²) >= 11 is 6.21. The summed E-state index contributed by atoms with van der Waals surface area (Å²) < 4.78 is 0. The molecule has 1 N–H and O–H groups in total. The minimum absolute atomic E-state index is 0.0641. The van der Waals surface area contributed by atoms with Crippen LogP contribution < -0.4 is 10.2 Å². The molecule has 2 aromatic carbocycles. The van der Waals surface area contributed by atoms with Crippen molar-refractivity contribution in [1.29, 1.82) is 0 Å². The van der Waals surface area contributed by atoms with Crippen molar-refractivity contribution in [3.8, 4) is 0 Å². The number of rotatable bonds is 4. The van der Waals surface area contributed by atoms with E-state index in [4.69, 9.17) is 11.6 Å². The maximum atomic E-state index is 13.4. The lowest BCUT2D eigenvalue weighted by atomic mass is 9.71. The summed E-state index contributed by atoms with van der Waals surface area (Å²) in [5, 5.41) is 3.58. The summed E-state index contributed by atoms with van der Waals surface area (Å²) in [6, 6.07) is 17.2. The molecule has 196 valence electrons. The Morgan fingerprint density at radius 1 is 0.921 bits per heavy atom. The molecule has 2 saturated heterocycles. The minimum Gasteiger partial charge on any atom is -0.371 e. The summed E-state index contributed by atoms with van der Waals surface area (Å²) in [6.45, 7) is 3.78. The van der Waals surface area contributed by atoms with Crippen LogP contribution in [0.3, 0.4) is 0 Å². The molecule has 7 heteroatoms. The number of carbonyl (C=O) groups is 2. The summed E-state index contributed by atoms with van der Waals surface area (Å²) in [5.41, 5.74) is 5.10. The fraction of sp³-hybridized carbons (Fsp3) is 0.387. The number of piperidine rings is 2. The number of carbonyl (C=O) groups excluding carboxylic acids is 2. The summed E-state index contributed by atoms with van der Waals surface area (Å²) in [4.78, 5) is 34.8. The number of benzene rings is 2. The standard InChI is InChI=1S/C31H33ClN4O2/c32-27-4-2-1-3-26(27)29(37)34-28-8-6-22-21-23(5-7-25(22)28)30(38)36-19-13-31(14-20-36)11-17-35(18-12-31)24-9-15-33-16-10-24/h1-5,7,9-10,15-16,21,28H,6,8,11-14,17-20H2,(H,34,37). The Bertz CT molecular complexity index is 1330. The predicted molar refractivity (Wildman–Crippen MR) is 150 cm³/mol. The van der Waals surface area contributed by atoms with Gasteiger partial charge in [-0.15, -0.1) is 0 Å².